The van der Waals surface area contributed by atoms with Crippen molar-refractivity contribution < 1.29 is 9.18 Å². The van der Waals surface area contributed by atoms with E-state index in [4.69, 9.17) is 0 Å². The molecule has 94 valence electrons. The number of carbonyl (C=O) groups is 1. The smallest absolute Gasteiger partial charge is 0.261 e. The minimum Gasteiger partial charge on any atom is -0.345 e. The van der Waals surface area contributed by atoms with E-state index in [9.17, 15) is 9.18 Å². The first-order chi connectivity index (χ1) is 8.56. The third kappa shape index (κ3) is 2.96. The lowest BCUT2D eigenvalue weighted by molar-refractivity contribution is 0.0944. The fourth-order valence-electron chi connectivity index (χ4n) is 1.66. The van der Waals surface area contributed by atoms with E-state index >= 15 is 0 Å². The van der Waals surface area contributed by atoms with Crippen LogP contribution in [0.25, 0.3) is 0 Å². The first kappa shape index (κ1) is 12.8. The second-order valence-electron chi connectivity index (χ2n) is 4.16. The molecule has 1 atom stereocenters. The van der Waals surface area contributed by atoms with Crippen molar-refractivity contribution in [3.8, 4) is 0 Å². The highest BCUT2D eigenvalue weighted by atomic mass is 32.1. The van der Waals surface area contributed by atoms with Crippen LogP contribution in [-0.2, 0) is 0 Å². The summed E-state index contributed by atoms with van der Waals surface area (Å²) in [6, 6.07) is 9.75. The van der Waals surface area contributed by atoms with Crippen molar-refractivity contribution >= 4 is 17.2 Å². The van der Waals surface area contributed by atoms with E-state index in [1.165, 1.54) is 23.5 Å². The predicted molar refractivity (Wildman–Crippen MR) is 71.3 cm³/mol. The summed E-state index contributed by atoms with van der Waals surface area (Å²) >= 11 is 1.46. The number of aryl methyl sites for hydroxylation is 1. The molecule has 0 fully saturated rings. The number of benzene rings is 1. The zero-order valence-electron chi connectivity index (χ0n) is 10.2. The first-order valence-corrected chi connectivity index (χ1v) is 6.50. The quantitative estimate of drug-likeness (QED) is 0.899. The van der Waals surface area contributed by atoms with Crippen LogP contribution in [0.4, 0.5) is 4.39 Å². The van der Waals surface area contributed by atoms with Crippen LogP contribution >= 0.6 is 11.3 Å². The Labute approximate surface area is 109 Å². The van der Waals surface area contributed by atoms with Crippen molar-refractivity contribution in [3.05, 3.63) is 57.5 Å². The van der Waals surface area contributed by atoms with Crippen molar-refractivity contribution in [2.45, 2.75) is 19.9 Å². The summed E-state index contributed by atoms with van der Waals surface area (Å²) in [5.74, 6) is -0.365. The van der Waals surface area contributed by atoms with Gasteiger partial charge in [0.1, 0.15) is 5.82 Å². The van der Waals surface area contributed by atoms with Crippen molar-refractivity contribution in [2.24, 2.45) is 0 Å². The Morgan fingerprint density at radius 3 is 2.44 bits per heavy atom. The van der Waals surface area contributed by atoms with Crippen LogP contribution in [0.5, 0.6) is 0 Å². The van der Waals surface area contributed by atoms with Gasteiger partial charge < -0.3 is 5.32 Å². The van der Waals surface area contributed by atoms with Gasteiger partial charge in [0.2, 0.25) is 0 Å². The minimum absolute atomic E-state index is 0.0927. The van der Waals surface area contributed by atoms with Gasteiger partial charge in [-0.2, -0.15) is 0 Å². The maximum absolute atomic E-state index is 12.8. The Morgan fingerprint density at radius 2 is 1.89 bits per heavy atom. The van der Waals surface area contributed by atoms with E-state index in [1.54, 1.807) is 12.1 Å². The van der Waals surface area contributed by atoms with Gasteiger partial charge in [-0.05, 0) is 43.7 Å². The number of rotatable bonds is 3. The highest BCUT2D eigenvalue weighted by Gasteiger charge is 2.12. The van der Waals surface area contributed by atoms with Gasteiger partial charge in [0.25, 0.3) is 5.91 Å². The number of hydrogen-bond acceptors (Lipinski definition) is 2. The lowest BCUT2D eigenvalue weighted by Crippen LogP contribution is -2.25. The highest BCUT2D eigenvalue weighted by molar-refractivity contribution is 7.13. The summed E-state index contributed by atoms with van der Waals surface area (Å²) in [4.78, 5) is 13.7. The molecule has 1 aromatic carbocycles. The van der Waals surface area contributed by atoms with Gasteiger partial charge >= 0.3 is 0 Å². The molecule has 1 unspecified atom stereocenters. The van der Waals surface area contributed by atoms with Crippen LogP contribution in [0.3, 0.4) is 0 Å². The topological polar surface area (TPSA) is 29.1 Å². The predicted octanol–water partition coefficient (Wildman–Crippen LogP) is 3.69. The molecule has 0 aliphatic carbocycles. The van der Waals surface area contributed by atoms with E-state index in [0.717, 1.165) is 10.4 Å². The van der Waals surface area contributed by atoms with Gasteiger partial charge in [-0.15, -0.1) is 11.3 Å². The van der Waals surface area contributed by atoms with Crippen LogP contribution in [0, 0.1) is 12.7 Å². The molecule has 2 rings (SSSR count). The fraction of sp³-hybridized carbons (Fsp3) is 0.214. The lowest BCUT2D eigenvalue weighted by Gasteiger charge is -2.13. The van der Waals surface area contributed by atoms with Gasteiger partial charge in [-0.3, -0.25) is 4.79 Å². The molecule has 2 nitrogen and oxygen atoms in total. The highest BCUT2D eigenvalue weighted by Crippen LogP contribution is 2.17. The van der Waals surface area contributed by atoms with Crippen molar-refractivity contribution in [2.75, 3.05) is 0 Å². The summed E-state index contributed by atoms with van der Waals surface area (Å²) in [6.45, 7) is 3.84. The largest absolute Gasteiger partial charge is 0.345 e. The van der Waals surface area contributed by atoms with Crippen molar-refractivity contribution in [1.82, 2.24) is 5.32 Å². The molecule has 0 bridgehead atoms. The standard InChI is InChI=1S/C14H14FNOS/c1-9-3-8-13(18-9)14(17)16-10(2)11-4-6-12(15)7-5-11/h3-8,10H,1-2H3,(H,16,17). The molecule has 0 saturated carbocycles. The maximum Gasteiger partial charge on any atom is 0.261 e. The molecule has 1 heterocycles. The Bertz CT molecular complexity index is 547. The van der Waals surface area contributed by atoms with Crippen LogP contribution < -0.4 is 5.32 Å². The summed E-state index contributed by atoms with van der Waals surface area (Å²) in [5, 5.41) is 2.89. The van der Waals surface area contributed by atoms with Crippen molar-refractivity contribution in [1.29, 1.82) is 0 Å². The molecule has 0 radical (unpaired) electrons. The number of nitrogens with one attached hydrogen (secondary N) is 1. The first-order valence-electron chi connectivity index (χ1n) is 5.69. The zero-order chi connectivity index (χ0) is 13.1. The molecule has 1 aromatic heterocycles. The van der Waals surface area contributed by atoms with Crippen LogP contribution in [-0.4, -0.2) is 5.91 Å². The van der Waals surface area contributed by atoms with Gasteiger partial charge in [0, 0.05) is 4.88 Å². The van der Waals surface area contributed by atoms with Crippen LogP contribution in [0.15, 0.2) is 36.4 Å². The second kappa shape index (κ2) is 5.31. The Morgan fingerprint density at radius 1 is 1.22 bits per heavy atom. The summed E-state index contributed by atoms with van der Waals surface area (Å²) in [6.07, 6.45) is 0. The average Bonchev–Trinajstić information content (AvgIpc) is 2.76. The summed E-state index contributed by atoms with van der Waals surface area (Å²) in [7, 11) is 0. The average molecular weight is 263 g/mol. The Balaban J connectivity index is 2.05. The number of halogens is 1. The van der Waals surface area contributed by atoms with E-state index < -0.39 is 0 Å². The van der Waals surface area contributed by atoms with Crippen LogP contribution in [0.2, 0.25) is 0 Å². The molecule has 1 N–H and O–H groups in total. The maximum atomic E-state index is 12.8. The number of hydrogen-bond donors (Lipinski definition) is 1. The normalized spacial score (nSPS) is 12.2. The number of carbonyl (C=O) groups excluding carboxylic acids is 1. The molecule has 0 aliphatic heterocycles. The summed E-state index contributed by atoms with van der Waals surface area (Å²) < 4.78 is 12.8. The number of amides is 1. The minimum atomic E-state index is -0.272. The molecule has 18 heavy (non-hydrogen) atoms. The third-order valence-electron chi connectivity index (χ3n) is 2.68. The molecule has 1 amide bonds. The van der Waals surface area contributed by atoms with E-state index in [0.29, 0.717) is 4.88 Å². The van der Waals surface area contributed by atoms with Gasteiger partial charge in [-0.1, -0.05) is 12.1 Å². The molecule has 2 aromatic rings. The van der Waals surface area contributed by atoms with Gasteiger partial charge in [0.05, 0.1) is 10.9 Å². The second-order valence-corrected chi connectivity index (χ2v) is 5.44. The molecule has 0 aliphatic rings. The van der Waals surface area contributed by atoms with E-state index in [2.05, 4.69) is 5.32 Å². The molecule has 0 spiro atoms. The van der Waals surface area contributed by atoms with E-state index in [1.807, 2.05) is 26.0 Å². The SMILES string of the molecule is Cc1ccc(C(=O)NC(C)c2ccc(F)cc2)s1. The zero-order valence-corrected chi connectivity index (χ0v) is 11.1. The van der Waals surface area contributed by atoms with Gasteiger partial charge in [0.15, 0.2) is 0 Å². The lowest BCUT2D eigenvalue weighted by atomic mass is 10.1. The Hall–Kier alpha value is -1.68. The van der Waals surface area contributed by atoms with Crippen LogP contribution in [0.1, 0.15) is 33.1 Å². The van der Waals surface area contributed by atoms with Crippen molar-refractivity contribution in [3.63, 3.8) is 0 Å². The molecule has 4 heteroatoms. The monoisotopic (exact) mass is 263 g/mol. The molecular formula is C14H14FNOS. The summed E-state index contributed by atoms with van der Waals surface area (Å²) in [5.41, 5.74) is 0.887. The number of thiophene rings is 1. The van der Waals surface area contributed by atoms with Gasteiger partial charge in [-0.25, -0.2) is 4.39 Å². The Kier molecular flexibility index (Phi) is 3.77. The van der Waals surface area contributed by atoms with E-state index in [-0.39, 0.29) is 17.8 Å². The third-order valence-corrected chi connectivity index (χ3v) is 3.68. The molecular weight excluding hydrogens is 249 g/mol. The fourth-order valence-corrected chi connectivity index (χ4v) is 2.43. The molecule has 0 saturated heterocycles.